The van der Waals surface area contributed by atoms with E-state index in [1.54, 1.807) is 0 Å². The number of hydrogen-bond acceptors (Lipinski definition) is 2. The molecule has 0 bridgehead atoms. The highest BCUT2D eigenvalue weighted by Crippen LogP contribution is 2.22. The van der Waals surface area contributed by atoms with E-state index in [0.717, 1.165) is 25.7 Å². The zero-order valence-corrected chi connectivity index (χ0v) is 44.3. The first-order valence-corrected chi connectivity index (χ1v) is 30.2. The Balaban J connectivity index is 3.38. The third kappa shape index (κ3) is 52.1. The van der Waals surface area contributed by atoms with Crippen LogP contribution >= 0.6 is 0 Å². The van der Waals surface area contributed by atoms with Gasteiger partial charge in [-0.15, -0.1) is 0 Å². The lowest BCUT2D eigenvalue weighted by atomic mass is 9.91. The first kappa shape index (κ1) is 63.2. The molecule has 0 aliphatic heterocycles. The first-order valence-electron chi connectivity index (χ1n) is 30.2. The van der Waals surface area contributed by atoms with E-state index >= 15 is 0 Å². The van der Waals surface area contributed by atoms with Crippen LogP contribution in [0.2, 0.25) is 0 Å². The molecule has 3 heteroatoms. The fraction of sp³-hybridized carbons (Fsp3) is 0.951. The summed E-state index contributed by atoms with van der Waals surface area (Å²) in [6.45, 7) is 4.59. The van der Waals surface area contributed by atoms with Gasteiger partial charge in [-0.1, -0.05) is 334 Å². The number of hydrogen-bond donors (Lipinski definition) is 2. The highest BCUT2D eigenvalue weighted by atomic mass is 16.4. The maximum Gasteiger partial charge on any atom is 0.309 e. The van der Waals surface area contributed by atoms with Crippen LogP contribution in [-0.2, 0) is 4.79 Å². The standard InChI is InChI=1S/C61H120O3/c1-3-5-7-9-11-13-15-17-19-21-23-24-25-26-27-28-29-30-31-32-33-34-35-36-37-38-39-40-42-44-46-48-50-52-54-56-58-60(62)59(61(63)64)57-55-53-51-49-47-45-43-41-22-20-18-16-14-12-10-8-6-4-2/h32-33,59-60,62H,3-31,34-58H2,1-2H3,(H,63,64)/b33-32-. The normalized spacial score (nSPS) is 12.8. The summed E-state index contributed by atoms with van der Waals surface area (Å²) in [4.78, 5) is 11.9. The molecule has 0 spiro atoms. The number of rotatable bonds is 57. The predicted molar refractivity (Wildman–Crippen MR) is 287 cm³/mol. The van der Waals surface area contributed by atoms with Crippen LogP contribution in [0.25, 0.3) is 0 Å². The third-order valence-corrected chi connectivity index (χ3v) is 14.7. The summed E-state index contributed by atoms with van der Waals surface area (Å²) in [5.41, 5.74) is 0. The van der Waals surface area contributed by atoms with E-state index in [-0.39, 0.29) is 0 Å². The van der Waals surface area contributed by atoms with Gasteiger partial charge in [-0.2, -0.15) is 0 Å². The summed E-state index contributed by atoms with van der Waals surface area (Å²) in [5.74, 6) is -1.38. The number of carboxylic acids is 1. The predicted octanol–water partition coefficient (Wildman–Crippen LogP) is 21.7. The molecule has 2 N–H and O–H groups in total. The third-order valence-electron chi connectivity index (χ3n) is 14.7. The minimum atomic E-state index is -0.802. The van der Waals surface area contributed by atoms with Gasteiger partial charge in [0.1, 0.15) is 0 Å². The van der Waals surface area contributed by atoms with E-state index < -0.39 is 18.0 Å². The molecule has 0 aromatic rings. The molecule has 0 heterocycles. The van der Waals surface area contributed by atoms with Crippen LogP contribution in [0.3, 0.4) is 0 Å². The summed E-state index contributed by atoms with van der Waals surface area (Å²) >= 11 is 0. The van der Waals surface area contributed by atoms with Gasteiger partial charge in [-0.25, -0.2) is 0 Å². The molecule has 0 aliphatic carbocycles. The number of aliphatic carboxylic acids is 1. The fourth-order valence-electron chi connectivity index (χ4n) is 10.1. The lowest BCUT2D eigenvalue weighted by molar-refractivity contribution is -0.146. The second-order valence-corrected chi connectivity index (χ2v) is 21.1. The highest BCUT2D eigenvalue weighted by molar-refractivity contribution is 5.70. The van der Waals surface area contributed by atoms with Crippen molar-refractivity contribution in [1.29, 1.82) is 0 Å². The zero-order chi connectivity index (χ0) is 46.3. The molecule has 0 aliphatic rings. The van der Waals surface area contributed by atoms with Crippen molar-refractivity contribution in [1.82, 2.24) is 0 Å². The Morgan fingerprint density at radius 1 is 0.297 bits per heavy atom. The van der Waals surface area contributed by atoms with Crippen molar-refractivity contribution in [3.63, 3.8) is 0 Å². The van der Waals surface area contributed by atoms with Gasteiger partial charge in [0.2, 0.25) is 0 Å². The second kappa shape index (κ2) is 56.5. The summed E-state index contributed by atoms with van der Waals surface area (Å²) in [5, 5.41) is 20.4. The SMILES string of the molecule is CCCCCCCCCCCCCCCCCCCC/C=C\CCCCCCCCCCCCCCCCC(O)C(CCCCCCCCCCCCCCCCCCCC)C(=O)O. The average Bonchev–Trinajstić information content (AvgIpc) is 3.29. The van der Waals surface area contributed by atoms with Gasteiger partial charge in [0.25, 0.3) is 0 Å². The molecule has 3 nitrogen and oxygen atoms in total. The Morgan fingerprint density at radius 3 is 0.703 bits per heavy atom. The van der Waals surface area contributed by atoms with Crippen molar-refractivity contribution in [3.8, 4) is 0 Å². The van der Waals surface area contributed by atoms with Crippen LogP contribution in [0.1, 0.15) is 361 Å². The number of carbonyl (C=O) groups is 1. The van der Waals surface area contributed by atoms with Gasteiger partial charge in [-0.3, -0.25) is 4.79 Å². The van der Waals surface area contributed by atoms with Gasteiger partial charge < -0.3 is 10.2 Å². The fourth-order valence-corrected chi connectivity index (χ4v) is 10.1. The van der Waals surface area contributed by atoms with Crippen molar-refractivity contribution in [3.05, 3.63) is 12.2 Å². The van der Waals surface area contributed by atoms with Gasteiger partial charge in [0.05, 0.1) is 12.0 Å². The molecule has 0 saturated heterocycles. The number of aliphatic hydroxyl groups is 1. The van der Waals surface area contributed by atoms with Crippen LogP contribution in [-0.4, -0.2) is 22.3 Å². The molecular formula is C61H120O3. The summed E-state index contributed by atoms with van der Waals surface area (Å²) in [7, 11) is 0. The molecule has 0 aromatic heterocycles. The summed E-state index contributed by atoms with van der Waals surface area (Å²) in [6, 6.07) is 0. The molecule has 0 radical (unpaired) electrons. The monoisotopic (exact) mass is 901 g/mol. The number of allylic oxidation sites excluding steroid dienone is 2. The van der Waals surface area contributed by atoms with Gasteiger partial charge >= 0.3 is 5.97 Å². The molecule has 64 heavy (non-hydrogen) atoms. The molecular weight excluding hydrogens is 781 g/mol. The van der Waals surface area contributed by atoms with Crippen molar-refractivity contribution < 1.29 is 15.0 Å². The van der Waals surface area contributed by atoms with Crippen LogP contribution in [0.4, 0.5) is 0 Å². The zero-order valence-electron chi connectivity index (χ0n) is 44.3. The van der Waals surface area contributed by atoms with E-state index in [2.05, 4.69) is 26.0 Å². The van der Waals surface area contributed by atoms with Crippen molar-refractivity contribution >= 4 is 5.97 Å². The van der Waals surface area contributed by atoms with Gasteiger partial charge in [-0.05, 0) is 38.5 Å². The van der Waals surface area contributed by atoms with E-state index in [4.69, 9.17) is 0 Å². The molecule has 382 valence electrons. The number of carboxylic acid groups (broad SMARTS) is 1. The topological polar surface area (TPSA) is 57.5 Å². The quantitative estimate of drug-likeness (QED) is 0.0472. The maximum absolute atomic E-state index is 11.9. The van der Waals surface area contributed by atoms with E-state index in [9.17, 15) is 15.0 Å². The maximum atomic E-state index is 11.9. The van der Waals surface area contributed by atoms with Crippen molar-refractivity contribution in [2.24, 2.45) is 5.92 Å². The number of unbranched alkanes of at least 4 members (excludes halogenated alkanes) is 49. The minimum Gasteiger partial charge on any atom is -0.481 e. The summed E-state index contributed by atoms with van der Waals surface area (Å²) in [6.07, 6.45) is 76.8. The van der Waals surface area contributed by atoms with Gasteiger partial charge in [0.15, 0.2) is 0 Å². The van der Waals surface area contributed by atoms with Crippen LogP contribution in [0.5, 0.6) is 0 Å². The Bertz CT molecular complexity index is 883. The molecule has 2 unspecified atom stereocenters. The lowest BCUT2D eigenvalue weighted by Gasteiger charge is -2.19. The molecule has 0 aromatic carbocycles. The molecule has 0 fully saturated rings. The van der Waals surface area contributed by atoms with Crippen LogP contribution in [0.15, 0.2) is 12.2 Å². The Morgan fingerprint density at radius 2 is 0.484 bits per heavy atom. The molecule has 2 atom stereocenters. The van der Waals surface area contributed by atoms with Gasteiger partial charge in [0, 0.05) is 0 Å². The summed E-state index contributed by atoms with van der Waals surface area (Å²) < 4.78 is 0. The first-order chi connectivity index (χ1) is 31.6. The largest absolute Gasteiger partial charge is 0.481 e. The van der Waals surface area contributed by atoms with Crippen LogP contribution in [0, 0.1) is 5.92 Å². The van der Waals surface area contributed by atoms with Crippen molar-refractivity contribution in [2.75, 3.05) is 0 Å². The Labute approximate surface area is 404 Å². The number of aliphatic hydroxyl groups excluding tert-OH is 1. The molecule has 0 amide bonds. The second-order valence-electron chi connectivity index (χ2n) is 21.1. The minimum absolute atomic E-state index is 0.582. The average molecular weight is 902 g/mol. The lowest BCUT2D eigenvalue weighted by Crippen LogP contribution is -2.28. The van der Waals surface area contributed by atoms with Crippen LogP contribution < -0.4 is 0 Å². The Hall–Kier alpha value is -0.830. The van der Waals surface area contributed by atoms with E-state index in [1.807, 2.05) is 0 Å². The smallest absolute Gasteiger partial charge is 0.309 e. The molecule has 0 rings (SSSR count). The van der Waals surface area contributed by atoms with Crippen molar-refractivity contribution in [2.45, 2.75) is 367 Å². The van der Waals surface area contributed by atoms with E-state index in [0.29, 0.717) is 12.8 Å². The van der Waals surface area contributed by atoms with E-state index in [1.165, 1.54) is 308 Å². The highest BCUT2D eigenvalue weighted by Gasteiger charge is 2.25. The Kier molecular flexibility index (Phi) is 55.8. The molecule has 0 saturated carbocycles.